The average molecular weight is 843 g/mol. The van der Waals surface area contributed by atoms with E-state index in [0.29, 0.717) is 50.6 Å². The van der Waals surface area contributed by atoms with Gasteiger partial charge < -0.3 is 46.4 Å². The fraction of sp³-hybridized carbons (Fsp3) is 0.622. The molecule has 60 heavy (non-hydrogen) atoms. The molecule has 1 aliphatic heterocycles. The predicted molar refractivity (Wildman–Crippen MR) is 248 cm³/mol. The number of anilines is 3. The number of likely N-dealkylation sites (N-methyl/N-ethyl adjacent to an activating group) is 1. The summed E-state index contributed by atoms with van der Waals surface area (Å²) in [5, 5.41) is 21.6. The first-order chi connectivity index (χ1) is 29.6. The Hall–Kier alpha value is -4.15. The largest absolute Gasteiger partial charge is 0.461 e. The standard InChI is InChI=1S/C45H70N12O2S/c1-56(38-20-18-36(19-21-38)42-52-39-16-11-12-17-40(39)60-42)34-35-59-45-54-43(53-44(55-45)51-37-14-9-7-5-3-2-4-6-8-10-15-37)50-24-22-41(58)49-23-13-31-57-32-29-47-27-25-46-26-28-48-30-33-57/h11-12,16-21,37,46-48H,2-10,13-15,22-35H2,1H3,(H,49,58)(H2,50,51,53,54,55). The highest BCUT2D eigenvalue weighted by Gasteiger charge is 2.16. The maximum atomic E-state index is 12.9. The minimum Gasteiger partial charge on any atom is -0.461 e. The molecule has 328 valence electrons. The molecular formula is C45H70N12O2S. The van der Waals surface area contributed by atoms with Crippen molar-refractivity contribution in [1.29, 1.82) is 0 Å². The lowest BCUT2D eigenvalue weighted by Gasteiger charge is -2.23. The van der Waals surface area contributed by atoms with Gasteiger partial charge in [-0.1, -0.05) is 69.9 Å². The van der Waals surface area contributed by atoms with Crippen LogP contribution in [0.2, 0.25) is 0 Å². The summed E-state index contributed by atoms with van der Waals surface area (Å²) in [4.78, 5) is 36.4. The molecule has 1 aliphatic carbocycles. The summed E-state index contributed by atoms with van der Waals surface area (Å²) in [6.45, 7) is 11.0. The summed E-state index contributed by atoms with van der Waals surface area (Å²) in [5.41, 5.74) is 3.23. The second-order valence-corrected chi connectivity index (χ2v) is 17.2. The van der Waals surface area contributed by atoms with Crippen LogP contribution < -0.4 is 41.5 Å². The van der Waals surface area contributed by atoms with Gasteiger partial charge in [-0.15, -0.1) is 11.3 Å². The summed E-state index contributed by atoms with van der Waals surface area (Å²) in [6.07, 6.45) is 15.0. The van der Waals surface area contributed by atoms with Crippen molar-refractivity contribution >= 4 is 45.0 Å². The van der Waals surface area contributed by atoms with Crippen LogP contribution >= 0.6 is 11.3 Å². The fourth-order valence-corrected chi connectivity index (χ4v) is 8.73. The molecule has 0 unspecified atom stereocenters. The molecule has 2 aromatic carbocycles. The molecule has 2 aliphatic rings. The van der Waals surface area contributed by atoms with Crippen LogP contribution in [0.25, 0.3) is 20.8 Å². The van der Waals surface area contributed by atoms with Crippen LogP contribution in [0.3, 0.4) is 0 Å². The van der Waals surface area contributed by atoms with E-state index in [4.69, 9.17) is 19.7 Å². The van der Waals surface area contributed by atoms with Crippen LogP contribution in [0.1, 0.15) is 83.5 Å². The Kier molecular flexibility index (Phi) is 19.8. The van der Waals surface area contributed by atoms with E-state index in [9.17, 15) is 4.79 Å². The lowest BCUT2D eigenvalue weighted by atomic mass is 9.98. The van der Waals surface area contributed by atoms with Gasteiger partial charge in [0, 0.05) is 96.2 Å². The zero-order chi connectivity index (χ0) is 41.5. The van der Waals surface area contributed by atoms with Crippen molar-refractivity contribution in [2.24, 2.45) is 0 Å². The summed E-state index contributed by atoms with van der Waals surface area (Å²) in [7, 11) is 2.06. The van der Waals surface area contributed by atoms with E-state index in [1.807, 2.05) is 6.07 Å². The van der Waals surface area contributed by atoms with Crippen molar-refractivity contribution in [1.82, 2.24) is 46.1 Å². The van der Waals surface area contributed by atoms with Gasteiger partial charge in [-0.05, 0) is 62.2 Å². The third kappa shape index (κ3) is 16.4. The summed E-state index contributed by atoms with van der Waals surface area (Å²) in [6, 6.07) is 17.3. The minimum atomic E-state index is 0.0141. The number of carbonyl (C=O) groups is 1. The van der Waals surface area contributed by atoms with Crippen molar-refractivity contribution < 1.29 is 9.53 Å². The number of carbonyl (C=O) groups excluding carboxylic acids is 1. The first kappa shape index (κ1) is 45.4. The molecule has 0 atom stereocenters. The van der Waals surface area contributed by atoms with Crippen molar-refractivity contribution in [2.75, 3.05) is 108 Å². The van der Waals surface area contributed by atoms with E-state index in [2.05, 4.69) is 96.2 Å². The van der Waals surface area contributed by atoms with Gasteiger partial charge in [0.1, 0.15) is 11.6 Å². The summed E-state index contributed by atoms with van der Waals surface area (Å²) >= 11 is 1.71. The Morgan fingerprint density at radius 3 is 2.13 bits per heavy atom. The minimum absolute atomic E-state index is 0.0141. The Morgan fingerprint density at radius 2 is 1.43 bits per heavy atom. The maximum Gasteiger partial charge on any atom is 0.323 e. The first-order valence-corrected chi connectivity index (χ1v) is 23.6. The number of amides is 1. The van der Waals surface area contributed by atoms with Gasteiger partial charge in [0.25, 0.3) is 0 Å². The van der Waals surface area contributed by atoms with E-state index in [0.717, 1.165) is 99.9 Å². The van der Waals surface area contributed by atoms with Gasteiger partial charge in [-0.2, -0.15) is 15.0 Å². The number of hydrogen-bond acceptors (Lipinski definition) is 14. The zero-order valence-corrected chi connectivity index (χ0v) is 36.8. The summed E-state index contributed by atoms with van der Waals surface area (Å²) in [5.74, 6) is 0.947. The number of ether oxygens (including phenoxy) is 1. The van der Waals surface area contributed by atoms with Gasteiger partial charge in [0.2, 0.25) is 17.8 Å². The van der Waals surface area contributed by atoms with Crippen molar-refractivity contribution in [3.05, 3.63) is 48.5 Å². The zero-order valence-electron chi connectivity index (χ0n) is 36.0. The van der Waals surface area contributed by atoms with Crippen LogP contribution in [-0.4, -0.2) is 129 Å². The number of hydrogen-bond donors (Lipinski definition) is 6. The summed E-state index contributed by atoms with van der Waals surface area (Å²) < 4.78 is 7.40. The highest BCUT2D eigenvalue weighted by Crippen LogP contribution is 2.31. The van der Waals surface area contributed by atoms with Crippen molar-refractivity contribution in [3.63, 3.8) is 0 Å². The molecule has 14 nitrogen and oxygen atoms in total. The van der Waals surface area contributed by atoms with Crippen molar-refractivity contribution in [2.45, 2.75) is 89.5 Å². The Labute approximate surface area is 361 Å². The van der Waals surface area contributed by atoms with Crippen LogP contribution in [0.5, 0.6) is 6.01 Å². The maximum absolute atomic E-state index is 12.9. The molecule has 0 bridgehead atoms. The highest BCUT2D eigenvalue weighted by molar-refractivity contribution is 7.21. The van der Waals surface area contributed by atoms with Crippen LogP contribution in [-0.2, 0) is 4.79 Å². The second kappa shape index (κ2) is 26.2. The van der Waals surface area contributed by atoms with Crippen molar-refractivity contribution in [3.8, 4) is 16.6 Å². The lowest BCUT2D eigenvalue weighted by molar-refractivity contribution is -0.120. The van der Waals surface area contributed by atoms with Gasteiger partial charge in [0.15, 0.2) is 0 Å². The average Bonchev–Trinajstić information content (AvgIpc) is 3.69. The van der Waals surface area contributed by atoms with E-state index < -0.39 is 0 Å². The van der Waals surface area contributed by atoms with Crippen LogP contribution in [0, 0.1) is 0 Å². The number of nitrogens with zero attached hydrogens (tertiary/aromatic N) is 6. The van der Waals surface area contributed by atoms with Crippen LogP contribution in [0.15, 0.2) is 48.5 Å². The van der Waals surface area contributed by atoms with Gasteiger partial charge in [-0.3, -0.25) is 4.79 Å². The second-order valence-electron chi connectivity index (χ2n) is 16.1. The number of rotatable bonds is 16. The monoisotopic (exact) mass is 843 g/mol. The number of thiazole rings is 1. The lowest BCUT2D eigenvalue weighted by Crippen LogP contribution is -2.42. The van der Waals surface area contributed by atoms with E-state index >= 15 is 0 Å². The molecule has 4 aromatic rings. The predicted octanol–water partition coefficient (Wildman–Crippen LogP) is 6.14. The molecule has 1 amide bonds. The first-order valence-electron chi connectivity index (χ1n) is 22.8. The molecule has 1 saturated heterocycles. The molecule has 0 spiro atoms. The third-order valence-electron chi connectivity index (χ3n) is 11.3. The topological polar surface area (TPSA) is 157 Å². The molecule has 6 N–H and O–H groups in total. The Balaban J connectivity index is 0.997. The fourth-order valence-electron chi connectivity index (χ4n) is 7.76. The van der Waals surface area contributed by atoms with E-state index in [-0.39, 0.29) is 11.9 Å². The van der Waals surface area contributed by atoms with Crippen LogP contribution in [0.4, 0.5) is 17.6 Å². The van der Waals surface area contributed by atoms with Gasteiger partial charge in [-0.25, -0.2) is 4.98 Å². The number of aromatic nitrogens is 4. The highest BCUT2D eigenvalue weighted by atomic mass is 32.1. The van der Waals surface area contributed by atoms with E-state index in [1.54, 1.807) is 11.3 Å². The molecule has 15 heteroatoms. The molecular weight excluding hydrogens is 773 g/mol. The molecule has 1 saturated carbocycles. The number of fused-ring (bicyclic) bond motifs is 1. The normalized spacial score (nSPS) is 17.4. The SMILES string of the molecule is CN(CCOc1nc(NCCC(=O)NCCCN2CCNCCNCCNCC2)nc(NC2CCCCCCCCCCC2)n1)c1ccc(-c2nc3ccccc3s2)cc1. The Bertz CT molecular complexity index is 1750. The smallest absolute Gasteiger partial charge is 0.323 e. The third-order valence-corrected chi connectivity index (χ3v) is 12.4. The molecule has 6 rings (SSSR count). The van der Waals surface area contributed by atoms with Gasteiger partial charge >= 0.3 is 6.01 Å². The number of benzene rings is 2. The molecule has 0 radical (unpaired) electrons. The number of nitrogens with one attached hydrogen (secondary N) is 6. The quantitative estimate of drug-likeness (QED) is 0.0717. The molecule has 3 heterocycles. The molecule has 2 fully saturated rings. The van der Waals surface area contributed by atoms with Gasteiger partial charge in [0.05, 0.1) is 16.8 Å². The molecule has 2 aromatic heterocycles. The van der Waals surface area contributed by atoms with E-state index in [1.165, 1.54) is 62.5 Å². The Morgan fingerprint density at radius 1 is 0.783 bits per heavy atom. The number of para-hydroxylation sites is 1.